The van der Waals surface area contributed by atoms with E-state index in [0.29, 0.717) is 29.8 Å². The van der Waals surface area contributed by atoms with Crippen molar-refractivity contribution in [3.63, 3.8) is 0 Å². The van der Waals surface area contributed by atoms with E-state index in [1.54, 1.807) is 12.3 Å². The first kappa shape index (κ1) is 22.7. The van der Waals surface area contributed by atoms with Gasteiger partial charge in [0.05, 0.1) is 23.7 Å². The van der Waals surface area contributed by atoms with E-state index in [0.717, 1.165) is 26.7 Å². The van der Waals surface area contributed by atoms with Gasteiger partial charge in [-0.05, 0) is 48.2 Å². The first-order chi connectivity index (χ1) is 14.2. The summed E-state index contributed by atoms with van der Waals surface area (Å²) in [4.78, 5) is 17.8. The maximum Gasteiger partial charge on any atom is 0.282 e. The summed E-state index contributed by atoms with van der Waals surface area (Å²) in [6.07, 6.45) is 3.18. The number of benzene rings is 2. The van der Waals surface area contributed by atoms with E-state index in [1.807, 2.05) is 30.3 Å². The van der Waals surface area contributed by atoms with Crippen LogP contribution in [0.1, 0.15) is 45.5 Å². The van der Waals surface area contributed by atoms with Crippen molar-refractivity contribution < 1.29 is 4.74 Å². The van der Waals surface area contributed by atoms with E-state index in [4.69, 9.17) is 4.74 Å². The van der Waals surface area contributed by atoms with Crippen LogP contribution in [0.2, 0.25) is 0 Å². The summed E-state index contributed by atoms with van der Waals surface area (Å²) in [5.41, 5.74) is 1.31. The highest BCUT2D eigenvalue weighted by atomic mass is 79.9. The van der Waals surface area contributed by atoms with Crippen LogP contribution in [-0.2, 0) is 6.42 Å². The van der Waals surface area contributed by atoms with Gasteiger partial charge in [-0.15, -0.1) is 0 Å². The molecular weight excluding hydrogens is 510 g/mol. The molecular formula is C23H25Br2N3O2. The first-order valence-corrected chi connectivity index (χ1v) is 11.4. The van der Waals surface area contributed by atoms with Gasteiger partial charge in [0, 0.05) is 20.9 Å². The minimum Gasteiger partial charge on any atom is -0.492 e. The molecule has 0 aliphatic rings. The smallest absolute Gasteiger partial charge is 0.282 e. The normalized spacial score (nSPS) is 12.1. The lowest BCUT2D eigenvalue weighted by Crippen LogP contribution is -2.22. The number of hydrogen-bond donors (Lipinski definition) is 0. The Balaban J connectivity index is 2.07. The highest BCUT2D eigenvalue weighted by molar-refractivity contribution is 9.10. The highest BCUT2D eigenvalue weighted by Gasteiger charge is 2.14. The molecule has 0 atom stereocenters. The molecule has 5 nitrogen and oxygen atoms in total. The summed E-state index contributed by atoms with van der Waals surface area (Å²) >= 11 is 6.93. The fourth-order valence-electron chi connectivity index (χ4n) is 2.87. The maximum absolute atomic E-state index is 13.2. The molecule has 0 saturated heterocycles. The van der Waals surface area contributed by atoms with Crippen molar-refractivity contribution in [2.45, 2.75) is 40.5 Å². The van der Waals surface area contributed by atoms with Crippen molar-refractivity contribution in [1.82, 2.24) is 9.66 Å². The lowest BCUT2D eigenvalue weighted by molar-refractivity contribution is 0.197. The molecule has 1 heterocycles. The molecule has 0 saturated carbocycles. The van der Waals surface area contributed by atoms with Crippen LogP contribution in [-0.4, -0.2) is 22.5 Å². The molecule has 30 heavy (non-hydrogen) atoms. The number of aromatic nitrogens is 2. The van der Waals surface area contributed by atoms with Gasteiger partial charge >= 0.3 is 0 Å². The van der Waals surface area contributed by atoms with Crippen molar-refractivity contribution in [3.8, 4) is 5.75 Å². The van der Waals surface area contributed by atoms with Gasteiger partial charge in [0.25, 0.3) is 5.56 Å². The molecule has 0 unspecified atom stereocenters. The second kappa shape index (κ2) is 9.43. The predicted octanol–water partition coefficient (Wildman–Crippen LogP) is 6.18. The molecule has 3 aromatic rings. The number of aryl methyl sites for hydroxylation is 1. The monoisotopic (exact) mass is 533 g/mol. The Morgan fingerprint density at radius 3 is 2.53 bits per heavy atom. The third-order valence-corrected chi connectivity index (χ3v) is 5.28. The molecule has 0 radical (unpaired) electrons. The lowest BCUT2D eigenvalue weighted by atomic mass is 9.99. The van der Waals surface area contributed by atoms with Crippen LogP contribution < -0.4 is 10.3 Å². The Morgan fingerprint density at radius 1 is 1.13 bits per heavy atom. The van der Waals surface area contributed by atoms with Gasteiger partial charge in [-0.3, -0.25) is 4.79 Å². The fourth-order valence-corrected chi connectivity index (χ4v) is 3.60. The number of fused-ring (bicyclic) bond motifs is 1. The summed E-state index contributed by atoms with van der Waals surface area (Å²) < 4.78 is 9.16. The zero-order chi connectivity index (χ0) is 21.9. The largest absolute Gasteiger partial charge is 0.492 e. The molecule has 0 aliphatic heterocycles. The van der Waals surface area contributed by atoms with Crippen molar-refractivity contribution >= 4 is 49.0 Å². The number of halogens is 2. The summed E-state index contributed by atoms with van der Waals surface area (Å²) in [6.45, 7) is 8.99. The van der Waals surface area contributed by atoms with E-state index < -0.39 is 0 Å². The van der Waals surface area contributed by atoms with Crippen LogP contribution in [0.25, 0.3) is 10.9 Å². The Hall–Kier alpha value is -1.99. The lowest BCUT2D eigenvalue weighted by Gasteiger charge is -2.19. The number of hydrogen-bond acceptors (Lipinski definition) is 4. The minimum absolute atomic E-state index is 0.0301. The highest BCUT2D eigenvalue weighted by Crippen LogP contribution is 2.24. The van der Waals surface area contributed by atoms with E-state index >= 15 is 0 Å². The van der Waals surface area contributed by atoms with E-state index in [9.17, 15) is 4.79 Å². The summed E-state index contributed by atoms with van der Waals surface area (Å²) in [6, 6.07) is 11.3. The van der Waals surface area contributed by atoms with Crippen molar-refractivity contribution in [1.29, 1.82) is 0 Å². The Bertz CT molecular complexity index is 1150. The standard InChI is InChI=1S/C23H25Br2N3O2/c1-5-6-21-27-19-9-7-17(25)12-18(19)22(29)28(21)26-13-15-11-16(24)8-10-20(15)30-14-23(2,3)4/h7-13H,5-6,14H2,1-4H3. The summed E-state index contributed by atoms with van der Waals surface area (Å²) in [5.74, 6) is 1.36. The van der Waals surface area contributed by atoms with E-state index in [1.165, 1.54) is 4.68 Å². The summed E-state index contributed by atoms with van der Waals surface area (Å²) in [7, 11) is 0. The zero-order valence-electron chi connectivity index (χ0n) is 17.6. The molecule has 0 spiro atoms. The van der Waals surface area contributed by atoms with Gasteiger partial charge < -0.3 is 4.74 Å². The van der Waals surface area contributed by atoms with Gasteiger partial charge in [0.1, 0.15) is 11.6 Å². The van der Waals surface area contributed by atoms with Crippen LogP contribution in [0.5, 0.6) is 5.75 Å². The number of nitrogens with zero attached hydrogens (tertiary/aromatic N) is 3. The van der Waals surface area contributed by atoms with Gasteiger partial charge in [0.15, 0.2) is 0 Å². The molecule has 0 amide bonds. The van der Waals surface area contributed by atoms with Crippen LogP contribution in [0.3, 0.4) is 0 Å². The molecule has 3 rings (SSSR count). The predicted molar refractivity (Wildman–Crippen MR) is 130 cm³/mol. The number of rotatable bonds is 6. The molecule has 2 aromatic carbocycles. The van der Waals surface area contributed by atoms with Gasteiger partial charge in [-0.25, -0.2) is 4.98 Å². The van der Waals surface area contributed by atoms with Crippen LogP contribution in [0.4, 0.5) is 0 Å². The third-order valence-electron chi connectivity index (χ3n) is 4.29. The second-order valence-corrected chi connectivity index (χ2v) is 10.2. The third kappa shape index (κ3) is 5.58. The second-order valence-electron chi connectivity index (χ2n) is 8.33. The molecule has 0 aliphatic carbocycles. The van der Waals surface area contributed by atoms with Gasteiger partial charge in [-0.2, -0.15) is 9.78 Å². The zero-order valence-corrected chi connectivity index (χ0v) is 20.7. The summed E-state index contributed by atoms with van der Waals surface area (Å²) in [5, 5.41) is 5.05. The van der Waals surface area contributed by atoms with Gasteiger partial charge in [0.2, 0.25) is 0 Å². The average Bonchev–Trinajstić information content (AvgIpc) is 2.67. The molecule has 1 aromatic heterocycles. The Morgan fingerprint density at radius 2 is 1.83 bits per heavy atom. The SMILES string of the molecule is CCCc1nc2ccc(Br)cc2c(=O)n1N=Cc1cc(Br)ccc1OCC(C)(C)C. The molecule has 7 heteroatoms. The average molecular weight is 535 g/mol. The topological polar surface area (TPSA) is 56.5 Å². The first-order valence-electron chi connectivity index (χ1n) is 9.86. The van der Waals surface area contributed by atoms with E-state index in [-0.39, 0.29) is 11.0 Å². The molecule has 158 valence electrons. The van der Waals surface area contributed by atoms with Gasteiger partial charge in [-0.1, -0.05) is 59.6 Å². The van der Waals surface area contributed by atoms with Crippen molar-refractivity contribution in [2.75, 3.05) is 6.61 Å². The number of ether oxygens (including phenoxy) is 1. The minimum atomic E-state index is -0.187. The van der Waals surface area contributed by atoms with Crippen molar-refractivity contribution in [3.05, 3.63) is 67.1 Å². The van der Waals surface area contributed by atoms with E-state index in [2.05, 4.69) is 69.6 Å². The van der Waals surface area contributed by atoms with Crippen LogP contribution in [0, 0.1) is 5.41 Å². The van der Waals surface area contributed by atoms with Crippen LogP contribution in [0.15, 0.2) is 55.2 Å². The Kier molecular flexibility index (Phi) is 7.14. The van der Waals surface area contributed by atoms with Crippen molar-refractivity contribution in [2.24, 2.45) is 10.5 Å². The maximum atomic E-state index is 13.2. The Labute approximate surface area is 193 Å². The quantitative estimate of drug-likeness (QED) is 0.355. The molecule has 0 fully saturated rings. The molecule has 0 N–H and O–H groups in total. The van der Waals surface area contributed by atoms with Crippen LogP contribution >= 0.6 is 31.9 Å². The fraction of sp³-hybridized carbons (Fsp3) is 0.348. The molecule has 0 bridgehead atoms.